The molecule has 4 atom stereocenters. The summed E-state index contributed by atoms with van der Waals surface area (Å²) in [5.74, 6) is 0.522. The van der Waals surface area contributed by atoms with E-state index in [0.717, 1.165) is 13.0 Å². The van der Waals surface area contributed by atoms with E-state index in [4.69, 9.17) is 10.5 Å². The van der Waals surface area contributed by atoms with Crippen LogP contribution in [-0.2, 0) is 9.53 Å². The second-order valence-electron chi connectivity index (χ2n) is 6.33. The molecule has 17 heavy (non-hydrogen) atoms. The molecule has 1 amide bonds. The number of carbonyl (C=O) groups excluding carboxylic acids is 1. The number of nitrogens with two attached hydrogens (primary N) is 1. The van der Waals surface area contributed by atoms with Gasteiger partial charge in [0.15, 0.2) is 0 Å². The number of hydrogen-bond acceptors (Lipinski definition) is 3. The third-order valence-electron chi connectivity index (χ3n) is 4.43. The lowest BCUT2D eigenvalue weighted by molar-refractivity contribution is -0.131. The summed E-state index contributed by atoms with van der Waals surface area (Å²) >= 11 is 0. The van der Waals surface area contributed by atoms with Gasteiger partial charge in [-0.05, 0) is 12.3 Å². The van der Waals surface area contributed by atoms with E-state index in [1.807, 2.05) is 13.8 Å². The van der Waals surface area contributed by atoms with Crippen LogP contribution in [0.5, 0.6) is 0 Å². The molecule has 98 valence electrons. The lowest BCUT2D eigenvalue weighted by Gasteiger charge is -2.55. The Hall–Kier alpha value is -0.610. The monoisotopic (exact) mass is 240 g/mol. The highest BCUT2D eigenvalue weighted by Gasteiger charge is 2.59. The van der Waals surface area contributed by atoms with Crippen LogP contribution in [0.25, 0.3) is 0 Å². The average Bonchev–Trinajstić information content (AvgIpc) is 2.63. The number of fused-ring (bicyclic) bond motifs is 1. The zero-order chi connectivity index (χ0) is 12.8. The molecule has 1 aliphatic carbocycles. The van der Waals surface area contributed by atoms with Gasteiger partial charge in [-0.25, -0.2) is 0 Å². The summed E-state index contributed by atoms with van der Waals surface area (Å²) in [5, 5.41) is 3.46. The fourth-order valence-corrected chi connectivity index (χ4v) is 3.46. The summed E-state index contributed by atoms with van der Waals surface area (Å²) < 4.78 is 5.74. The van der Waals surface area contributed by atoms with Crippen molar-refractivity contribution < 1.29 is 9.53 Å². The molecule has 4 unspecified atom stereocenters. The van der Waals surface area contributed by atoms with Gasteiger partial charge in [0, 0.05) is 24.0 Å². The van der Waals surface area contributed by atoms with E-state index in [-0.39, 0.29) is 23.3 Å². The van der Waals surface area contributed by atoms with Gasteiger partial charge in [0.1, 0.15) is 0 Å². The molecule has 0 radical (unpaired) electrons. The van der Waals surface area contributed by atoms with E-state index in [9.17, 15) is 4.79 Å². The molecule has 0 aromatic rings. The summed E-state index contributed by atoms with van der Waals surface area (Å²) in [6.07, 6.45) is 1.44. The molecule has 4 heteroatoms. The predicted octanol–water partition coefficient (Wildman–Crippen LogP) is 0.899. The maximum Gasteiger partial charge on any atom is 0.234 e. The summed E-state index contributed by atoms with van der Waals surface area (Å²) in [7, 11) is 0. The molecule has 1 aliphatic heterocycles. The number of nitrogens with one attached hydrogen (secondary N) is 1. The zero-order valence-corrected chi connectivity index (χ0v) is 11.2. The van der Waals surface area contributed by atoms with Crippen molar-refractivity contribution >= 4 is 5.91 Å². The number of carbonyl (C=O) groups is 1. The van der Waals surface area contributed by atoms with Gasteiger partial charge in [0.05, 0.1) is 12.1 Å². The molecule has 0 aromatic heterocycles. The van der Waals surface area contributed by atoms with Crippen molar-refractivity contribution in [1.29, 1.82) is 0 Å². The maximum absolute atomic E-state index is 11.4. The van der Waals surface area contributed by atoms with E-state index in [2.05, 4.69) is 19.2 Å². The van der Waals surface area contributed by atoms with Crippen LogP contribution in [0.2, 0.25) is 0 Å². The number of primary amides is 1. The van der Waals surface area contributed by atoms with Gasteiger partial charge >= 0.3 is 0 Å². The molecule has 4 nitrogen and oxygen atoms in total. The minimum absolute atomic E-state index is 0.101. The normalized spacial score (nSPS) is 36.4. The van der Waals surface area contributed by atoms with Crippen molar-refractivity contribution in [3.63, 3.8) is 0 Å². The summed E-state index contributed by atoms with van der Waals surface area (Å²) in [6.45, 7) is 9.30. The lowest BCUT2D eigenvalue weighted by atomic mass is 9.57. The van der Waals surface area contributed by atoms with Crippen molar-refractivity contribution in [2.75, 3.05) is 6.61 Å². The third-order valence-corrected chi connectivity index (χ3v) is 4.43. The van der Waals surface area contributed by atoms with Gasteiger partial charge in [0.2, 0.25) is 5.91 Å². The molecule has 1 saturated carbocycles. The van der Waals surface area contributed by atoms with Gasteiger partial charge in [-0.1, -0.05) is 27.7 Å². The Morgan fingerprint density at radius 1 is 1.47 bits per heavy atom. The first-order valence-corrected chi connectivity index (χ1v) is 6.52. The first-order valence-electron chi connectivity index (χ1n) is 6.52. The van der Waals surface area contributed by atoms with Crippen molar-refractivity contribution in [2.45, 2.75) is 52.3 Å². The van der Waals surface area contributed by atoms with Gasteiger partial charge in [-0.2, -0.15) is 0 Å². The molecule has 2 fully saturated rings. The van der Waals surface area contributed by atoms with Gasteiger partial charge in [0.25, 0.3) is 0 Å². The van der Waals surface area contributed by atoms with Crippen molar-refractivity contribution in [2.24, 2.45) is 23.0 Å². The standard InChI is InChI=1S/C13H24N2O2/c1-7(2)9(12(14)16)15-10-8-5-6-17-11(8)13(10,3)4/h7-11,15H,5-6H2,1-4H3,(H2,14,16). The number of ether oxygens (including phenoxy) is 1. The molecule has 2 aliphatic rings. The SMILES string of the molecule is CC(C)C(NC1C2CCOC2C1(C)C)C(N)=O. The van der Waals surface area contributed by atoms with Crippen LogP contribution in [0.1, 0.15) is 34.1 Å². The molecule has 0 spiro atoms. The summed E-state index contributed by atoms with van der Waals surface area (Å²) in [6, 6.07) is 0.107. The summed E-state index contributed by atoms with van der Waals surface area (Å²) in [5.41, 5.74) is 5.56. The van der Waals surface area contributed by atoms with E-state index in [1.165, 1.54) is 0 Å². The molecule has 0 aromatic carbocycles. The van der Waals surface area contributed by atoms with Crippen molar-refractivity contribution in [3.05, 3.63) is 0 Å². The van der Waals surface area contributed by atoms with Crippen molar-refractivity contribution in [1.82, 2.24) is 5.32 Å². The molecule has 0 bridgehead atoms. The lowest BCUT2D eigenvalue weighted by Crippen LogP contribution is -2.69. The Morgan fingerprint density at radius 3 is 2.65 bits per heavy atom. The van der Waals surface area contributed by atoms with Gasteiger partial charge < -0.3 is 15.8 Å². The number of amides is 1. The molecule has 1 heterocycles. The third kappa shape index (κ3) is 1.97. The van der Waals surface area contributed by atoms with Crippen LogP contribution in [0.4, 0.5) is 0 Å². The fourth-order valence-electron chi connectivity index (χ4n) is 3.46. The van der Waals surface area contributed by atoms with E-state index in [1.54, 1.807) is 0 Å². The maximum atomic E-state index is 11.4. The van der Waals surface area contributed by atoms with Crippen LogP contribution in [0, 0.1) is 17.3 Å². The highest BCUT2D eigenvalue weighted by atomic mass is 16.5. The Bertz CT molecular complexity index is 315. The Kier molecular flexibility index (Phi) is 3.21. The summed E-state index contributed by atoms with van der Waals surface area (Å²) in [4.78, 5) is 11.4. The topological polar surface area (TPSA) is 64.3 Å². The molecule has 2 rings (SSSR count). The predicted molar refractivity (Wildman–Crippen MR) is 66.4 cm³/mol. The zero-order valence-electron chi connectivity index (χ0n) is 11.2. The van der Waals surface area contributed by atoms with Crippen LogP contribution >= 0.6 is 0 Å². The molecule has 1 saturated heterocycles. The highest BCUT2D eigenvalue weighted by Crippen LogP contribution is 2.52. The quantitative estimate of drug-likeness (QED) is 0.767. The minimum Gasteiger partial charge on any atom is -0.377 e. The van der Waals surface area contributed by atoms with Crippen LogP contribution in [-0.4, -0.2) is 30.7 Å². The van der Waals surface area contributed by atoms with Crippen molar-refractivity contribution in [3.8, 4) is 0 Å². The largest absolute Gasteiger partial charge is 0.377 e. The van der Waals surface area contributed by atoms with Crippen LogP contribution in [0.3, 0.4) is 0 Å². The highest BCUT2D eigenvalue weighted by molar-refractivity contribution is 5.80. The second kappa shape index (κ2) is 4.25. The minimum atomic E-state index is -0.252. The second-order valence-corrected chi connectivity index (χ2v) is 6.33. The van der Waals surface area contributed by atoms with E-state index < -0.39 is 0 Å². The average molecular weight is 240 g/mol. The molecule has 3 N–H and O–H groups in total. The fraction of sp³-hybridized carbons (Fsp3) is 0.923. The Balaban J connectivity index is 2.05. The molecular weight excluding hydrogens is 216 g/mol. The van der Waals surface area contributed by atoms with Gasteiger partial charge in [-0.15, -0.1) is 0 Å². The van der Waals surface area contributed by atoms with Crippen LogP contribution < -0.4 is 11.1 Å². The number of hydrogen-bond donors (Lipinski definition) is 2. The van der Waals surface area contributed by atoms with E-state index in [0.29, 0.717) is 18.1 Å². The number of rotatable bonds is 4. The smallest absolute Gasteiger partial charge is 0.234 e. The molecular formula is C13H24N2O2. The first kappa shape index (κ1) is 12.8. The van der Waals surface area contributed by atoms with E-state index >= 15 is 0 Å². The first-order chi connectivity index (χ1) is 7.85. The Morgan fingerprint density at radius 2 is 2.12 bits per heavy atom. The Labute approximate surface area is 103 Å². The van der Waals surface area contributed by atoms with Gasteiger partial charge in [-0.3, -0.25) is 4.79 Å². The van der Waals surface area contributed by atoms with Crippen LogP contribution in [0.15, 0.2) is 0 Å².